The van der Waals surface area contributed by atoms with Gasteiger partial charge in [-0.1, -0.05) is 38.1 Å². The van der Waals surface area contributed by atoms with E-state index in [1.165, 1.54) is 11.1 Å². The first-order chi connectivity index (χ1) is 9.22. The Labute approximate surface area is 115 Å². The monoisotopic (exact) mass is 258 g/mol. The first kappa shape index (κ1) is 13.8. The zero-order chi connectivity index (χ0) is 13.7. The molecule has 0 saturated carbocycles. The molecule has 1 N–H and O–H groups in total. The van der Waals surface area contributed by atoms with E-state index in [4.69, 9.17) is 4.42 Å². The zero-order valence-corrected chi connectivity index (χ0v) is 11.9. The van der Waals surface area contributed by atoms with Crippen LogP contribution < -0.4 is 5.32 Å². The lowest BCUT2D eigenvalue weighted by molar-refractivity contribution is 0.420. The lowest BCUT2D eigenvalue weighted by Crippen LogP contribution is -2.20. The summed E-state index contributed by atoms with van der Waals surface area (Å²) < 4.78 is 5.48. The van der Waals surface area contributed by atoms with Crippen molar-refractivity contribution < 1.29 is 4.42 Å². The van der Waals surface area contributed by atoms with E-state index in [0.29, 0.717) is 12.6 Å². The lowest BCUT2D eigenvalue weighted by atomic mass is 10.0. The van der Waals surface area contributed by atoms with Crippen LogP contribution in [0.5, 0.6) is 0 Å². The van der Waals surface area contributed by atoms with Crippen LogP contribution in [0.2, 0.25) is 0 Å². The van der Waals surface area contributed by atoms with Crippen LogP contribution in [0.1, 0.15) is 49.1 Å². The molecule has 1 aromatic heterocycles. The molecule has 0 amide bonds. The summed E-state index contributed by atoms with van der Waals surface area (Å²) in [7, 11) is 0. The van der Waals surface area contributed by atoms with Crippen molar-refractivity contribution in [2.24, 2.45) is 0 Å². The van der Waals surface area contributed by atoms with Gasteiger partial charge in [0, 0.05) is 6.04 Å². The number of benzene rings is 1. The average molecular weight is 258 g/mol. The molecule has 0 fully saturated rings. The van der Waals surface area contributed by atoms with Crippen molar-refractivity contribution >= 4 is 0 Å². The van der Waals surface area contributed by atoms with E-state index in [0.717, 1.165) is 24.5 Å². The fraction of sp³-hybridized carbons (Fsp3) is 0.438. The molecule has 3 heteroatoms. The highest BCUT2D eigenvalue weighted by Crippen LogP contribution is 2.18. The third-order valence-corrected chi connectivity index (χ3v) is 3.37. The Bertz CT molecular complexity index is 502. The van der Waals surface area contributed by atoms with E-state index in [9.17, 15) is 0 Å². The molecule has 0 radical (unpaired) electrons. The van der Waals surface area contributed by atoms with Gasteiger partial charge in [0.25, 0.3) is 0 Å². The molecule has 0 saturated heterocycles. The topological polar surface area (TPSA) is 38.1 Å². The van der Waals surface area contributed by atoms with Gasteiger partial charge in [-0.25, -0.2) is 4.98 Å². The highest BCUT2D eigenvalue weighted by Gasteiger charge is 2.10. The Morgan fingerprint density at radius 2 is 1.95 bits per heavy atom. The van der Waals surface area contributed by atoms with Gasteiger partial charge in [-0.2, -0.15) is 0 Å². The van der Waals surface area contributed by atoms with Crippen LogP contribution in [0.4, 0.5) is 0 Å². The molecule has 0 aliphatic carbocycles. The van der Waals surface area contributed by atoms with Gasteiger partial charge < -0.3 is 9.73 Å². The highest BCUT2D eigenvalue weighted by molar-refractivity contribution is 5.25. The van der Waals surface area contributed by atoms with Crippen LogP contribution in [0.15, 0.2) is 34.9 Å². The Morgan fingerprint density at radius 1 is 1.21 bits per heavy atom. The first-order valence-electron chi connectivity index (χ1n) is 6.96. The van der Waals surface area contributed by atoms with Crippen LogP contribution in [0, 0.1) is 6.92 Å². The van der Waals surface area contributed by atoms with E-state index in [2.05, 4.69) is 48.4 Å². The molecule has 102 valence electrons. The zero-order valence-electron chi connectivity index (χ0n) is 11.9. The smallest absolute Gasteiger partial charge is 0.208 e. The number of aromatic nitrogens is 1. The summed E-state index contributed by atoms with van der Waals surface area (Å²) in [5, 5.41) is 3.50. The molecule has 2 rings (SSSR count). The van der Waals surface area contributed by atoms with Crippen LogP contribution in [-0.2, 0) is 13.0 Å². The van der Waals surface area contributed by atoms with Crippen molar-refractivity contribution in [1.29, 1.82) is 0 Å². The predicted octanol–water partition coefficient (Wildman–Crippen LogP) is 3.79. The molecule has 0 bridgehead atoms. The third-order valence-electron chi connectivity index (χ3n) is 3.37. The van der Waals surface area contributed by atoms with Crippen LogP contribution in [-0.4, -0.2) is 4.98 Å². The maximum atomic E-state index is 5.48. The van der Waals surface area contributed by atoms with E-state index in [1.807, 2.05) is 6.92 Å². The summed E-state index contributed by atoms with van der Waals surface area (Å²) in [6.07, 6.45) is 3.89. The second-order valence-electron chi connectivity index (χ2n) is 4.80. The summed E-state index contributed by atoms with van der Waals surface area (Å²) in [6, 6.07) is 9.17. The number of nitrogens with one attached hydrogen (secondary N) is 1. The van der Waals surface area contributed by atoms with Crippen LogP contribution >= 0.6 is 0 Å². The fourth-order valence-electron chi connectivity index (χ4n) is 2.18. The molecular formula is C16H22N2O. The molecule has 0 spiro atoms. The normalized spacial score (nSPS) is 12.6. The molecule has 2 aromatic rings. The second-order valence-corrected chi connectivity index (χ2v) is 4.80. The van der Waals surface area contributed by atoms with Crippen molar-refractivity contribution in [2.45, 2.75) is 46.2 Å². The van der Waals surface area contributed by atoms with Crippen molar-refractivity contribution in [3.05, 3.63) is 53.2 Å². The van der Waals surface area contributed by atoms with Crippen molar-refractivity contribution in [2.75, 3.05) is 0 Å². The van der Waals surface area contributed by atoms with Gasteiger partial charge in [-0.05, 0) is 30.9 Å². The van der Waals surface area contributed by atoms with Crippen LogP contribution in [0.25, 0.3) is 0 Å². The Hall–Kier alpha value is -1.61. The van der Waals surface area contributed by atoms with Crippen molar-refractivity contribution in [1.82, 2.24) is 10.3 Å². The third kappa shape index (κ3) is 3.67. The maximum absolute atomic E-state index is 5.48. The average Bonchev–Trinajstić information content (AvgIpc) is 2.86. The number of hydrogen-bond acceptors (Lipinski definition) is 3. The number of rotatable bonds is 6. The van der Waals surface area contributed by atoms with E-state index in [1.54, 1.807) is 6.20 Å². The summed E-state index contributed by atoms with van der Waals surface area (Å²) in [4.78, 5) is 4.21. The van der Waals surface area contributed by atoms with E-state index < -0.39 is 0 Å². The molecule has 1 atom stereocenters. The maximum Gasteiger partial charge on any atom is 0.208 e. The standard InChI is InChI=1S/C16H22N2O/c1-4-13-6-8-14(9-7-13)15(5-2)17-11-16-18-10-12(3)19-16/h6-10,15,17H,4-5,11H2,1-3H3. The van der Waals surface area contributed by atoms with Crippen LogP contribution in [0.3, 0.4) is 0 Å². The predicted molar refractivity (Wildman–Crippen MR) is 76.9 cm³/mol. The number of nitrogens with zero attached hydrogens (tertiary/aromatic N) is 1. The SMILES string of the molecule is CCc1ccc(C(CC)NCc2ncc(C)o2)cc1. The largest absolute Gasteiger partial charge is 0.445 e. The Morgan fingerprint density at radius 3 is 2.47 bits per heavy atom. The fourth-order valence-corrected chi connectivity index (χ4v) is 2.18. The molecule has 1 heterocycles. The van der Waals surface area contributed by atoms with Gasteiger partial charge in [0.15, 0.2) is 0 Å². The molecule has 19 heavy (non-hydrogen) atoms. The summed E-state index contributed by atoms with van der Waals surface area (Å²) >= 11 is 0. The lowest BCUT2D eigenvalue weighted by Gasteiger charge is -2.16. The number of oxazole rings is 1. The van der Waals surface area contributed by atoms with E-state index in [-0.39, 0.29) is 0 Å². The highest BCUT2D eigenvalue weighted by atomic mass is 16.4. The van der Waals surface area contributed by atoms with Gasteiger partial charge in [-0.3, -0.25) is 0 Å². The first-order valence-corrected chi connectivity index (χ1v) is 6.96. The van der Waals surface area contributed by atoms with Crippen molar-refractivity contribution in [3.8, 4) is 0 Å². The van der Waals surface area contributed by atoms with Gasteiger partial charge in [0.2, 0.25) is 5.89 Å². The molecule has 0 aliphatic rings. The quantitative estimate of drug-likeness (QED) is 0.856. The number of hydrogen-bond donors (Lipinski definition) is 1. The molecule has 0 aliphatic heterocycles. The van der Waals surface area contributed by atoms with Crippen molar-refractivity contribution in [3.63, 3.8) is 0 Å². The van der Waals surface area contributed by atoms with Gasteiger partial charge in [-0.15, -0.1) is 0 Å². The summed E-state index contributed by atoms with van der Waals surface area (Å²) in [5.41, 5.74) is 2.70. The molecular weight excluding hydrogens is 236 g/mol. The summed E-state index contributed by atoms with van der Waals surface area (Å²) in [6.45, 7) is 6.95. The minimum atomic E-state index is 0.345. The van der Waals surface area contributed by atoms with Gasteiger partial charge >= 0.3 is 0 Å². The Balaban J connectivity index is 1.98. The number of aryl methyl sites for hydroxylation is 2. The summed E-state index contributed by atoms with van der Waals surface area (Å²) in [5.74, 6) is 1.61. The van der Waals surface area contributed by atoms with E-state index >= 15 is 0 Å². The van der Waals surface area contributed by atoms with Gasteiger partial charge in [0.1, 0.15) is 5.76 Å². The molecule has 1 unspecified atom stereocenters. The minimum Gasteiger partial charge on any atom is -0.445 e. The van der Waals surface area contributed by atoms with Gasteiger partial charge in [0.05, 0.1) is 12.7 Å². The molecule has 1 aromatic carbocycles. The Kier molecular flexibility index (Phi) is 4.74. The second kappa shape index (κ2) is 6.53. The molecule has 3 nitrogen and oxygen atoms in total. The minimum absolute atomic E-state index is 0.345.